The van der Waals surface area contributed by atoms with Gasteiger partial charge < -0.3 is 5.32 Å². The van der Waals surface area contributed by atoms with E-state index in [2.05, 4.69) is 21.7 Å². The quantitative estimate of drug-likeness (QED) is 0.909. The molecule has 1 aliphatic carbocycles. The van der Waals surface area contributed by atoms with Gasteiger partial charge in [0, 0.05) is 37.1 Å². The van der Waals surface area contributed by atoms with E-state index in [1.54, 1.807) is 0 Å². The van der Waals surface area contributed by atoms with E-state index >= 15 is 0 Å². The predicted octanol–water partition coefficient (Wildman–Crippen LogP) is 3.93. The minimum Gasteiger partial charge on any atom is -0.314 e. The molecule has 2 fully saturated rings. The average Bonchev–Trinajstić information content (AvgIpc) is 2.88. The van der Waals surface area contributed by atoms with Gasteiger partial charge in [0.05, 0.1) is 5.02 Å². The molecule has 0 unspecified atom stereocenters. The van der Waals surface area contributed by atoms with E-state index in [0.29, 0.717) is 6.04 Å². The molecule has 1 aliphatic heterocycles. The highest BCUT2D eigenvalue weighted by Crippen LogP contribution is 2.43. The van der Waals surface area contributed by atoms with E-state index in [1.165, 1.54) is 37.0 Å². The van der Waals surface area contributed by atoms with Gasteiger partial charge in [-0.05, 0) is 30.2 Å². The van der Waals surface area contributed by atoms with Gasteiger partial charge in [-0.3, -0.25) is 4.90 Å². The second-order valence-corrected chi connectivity index (χ2v) is 7.12. The van der Waals surface area contributed by atoms with Crippen molar-refractivity contribution < 1.29 is 0 Å². The molecule has 3 rings (SSSR count). The van der Waals surface area contributed by atoms with Crippen molar-refractivity contribution in [3.63, 3.8) is 0 Å². The largest absolute Gasteiger partial charge is 0.314 e. The third kappa shape index (κ3) is 3.15. The Kier molecular flexibility index (Phi) is 4.80. The lowest BCUT2D eigenvalue weighted by Crippen LogP contribution is -2.47. The van der Waals surface area contributed by atoms with Crippen LogP contribution in [0.3, 0.4) is 0 Å². The van der Waals surface area contributed by atoms with Crippen molar-refractivity contribution in [3.05, 3.63) is 21.3 Å². The van der Waals surface area contributed by atoms with E-state index < -0.39 is 0 Å². The Bertz CT molecular complexity index is 377. The molecule has 1 aromatic rings. The summed E-state index contributed by atoms with van der Waals surface area (Å²) in [5.41, 5.74) is 0. The fraction of sp³-hybridized carbons (Fsp3) is 0.733. The summed E-state index contributed by atoms with van der Waals surface area (Å²) in [6, 6.07) is 2.63. The van der Waals surface area contributed by atoms with Crippen LogP contribution < -0.4 is 5.32 Å². The maximum Gasteiger partial charge on any atom is 0.0561 e. The molecular formula is C15H23ClN2S. The smallest absolute Gasteiger partial charge is 0.0561 e. The zero-order valence-corrected chi connectivity index (χ0v) is 13.0. The van der Waals surface area contributed by atoms with E-state index in [9.17, 15) is 0 Å². The van der Waals surface area contributed by atoms with Crippen LogP contribution in [-0.2, 0) is 0 Å². The monoisotopic (exact) mass is 298 g/mol. The molecule has 1 aromatic heterocycles. The number of nitrogens with zero attached hydrogens (tertiary/aromatic N) is 1. The molecule has 1 N–H and O–H groups in total. The first-order chi connectivity index (χ1) is 9.36. The van der Waals surface area contributed by atoms with Crippen LogP contribution >= 0.6 is 22.9 Å². The summed E-state index contributed by atoms with van der Waals surface area (Å²) in [6.45, 7) is 4.56. The van der Waals surface area contributed by atoms with Crippen molar-refractivity contribution in [1.29, 1.82) is 0 Å². The number of halogens is 1. The zero-order chi connectivity index (χ0) is 13.1. The Morgan fingerprint density at radius 1 is 1.21 bits per heavy atom. The molecular weight excluding hydrogens is 276 g/mol. The molecule has 0 bridgehead atoms. The number of thiophene rings is 1. The Morgan fingerprint density at radius 3 is 2.58 bits per heavy atom. The highest BCUT2D eigenvalue weighted by molar-refractivity contribution is 7.10. The van der Waals surface area contributed by atoms with Crippen LogP contribution in [0, 0.1) is 5.92 Å². The Hall–Kier alpha value is -0.0900. The van der Waals surface area contributed by atoms with E-state index in [-0.39, 0.29) is 0 Å². The van der Waals surface area contributed by atoms with E-state index in [4.69, 9.17) is 11.6 Å². The lowest BCUT2D eigenvalue weighted by Gasteiger charge is -2.40. The third-order valence-electron chi connectivity index (χ3n) is 4.55. The van der Waals surface area contributed by atoms with Crippen molar-refractivity contribution >= 4 is 22.9 Å². The lowest BCUT2D eigenvalue weighted by atomic mass is 9.82. The molecule has 0 aromatic carbocycles. The van der Waals surface area contributed by atoms with Gasteiger partial charge in [0.1, 0.15) is 0 Å². The summed E-state index contributed by atoms with van der Waals surface area (Å²) in [6.07, 6.45) is 6.97. The molecule has 0 amide bonds. The fourth-order valence-electron chi connectivity index (χ4n) is 3.60. The first-order valence-electron chi connectivity index (χ1n) is 7.54. The van der Waals surface area contributed by atoms with Crippen LogP contribution in [0.5, 0.6) is 0 Å². The molecule has 1 atom stereocenters. The van der Waals surface area contributed by atoms with Gasteiger partial charge in [0.2, 0.25) is 0 Å². The predicted molar refractivity (Wildman–Crippen MR) is 83.1 cm³/mol. The summed E-state index contributed by atoms with van der Waals surface area (Å²) in [5, 5.41) is 6.59. The third-order valence-corrected chi connectivity index (χ3v) is 5.98. The van der Waals surface area contributed by atoms with E-state index in [1.807, 2.05) is 11.3 Å². The number of piperazine rings is 1. The highest BCUT2D eigenvalue weighted by Gasteiger charge is 2.32. The molecule has 2 aliphatic rings. The van der Waals surface area contributed by atoms with Crippen LogP contribution in [0.25, 0.3) is 0 Å². The molecule has 2 heterocycles. The Labute approximate surface area is 125 Å². The van der Waals surface area contributed by atoms with Crippen molar-refractivity contribution in [3.8, 4) is 0 Å². The first-order valence-corrected chi connectivity index (χ1v) is 8.79. The van der Waals surface area contributed by atoms with Crippen molar-refractivity contribution in [2.24, 2.45) is 5.92 Å². The zero-order valence-electron chi connectivity index (χ0n) is 11.4. The topological polar surface area (TPSA) is 15.3 Å². The summed E-state index contributed by atoms with van der Waals surface area (Å²) < 4.78 is 0. The molecule has 4 heteroatoms. The van der Waals surface area contributed by atoms with Gasteiger partial charge in [0.15, 0.2) is 0 Å². The first kappa shape index (κ1) is 13.9. The second-order valence-electron chi connectivity index (χ2n) is 5.76. The summed E-state index contributed by atoms with van der Waals surface area (Å²) in [7, 11) is 0. The molecule has 2 nitrogen and oxygen atoms in total. The van der Waals surface area contributed by atoms with Gasteiger partial charge >= 0.3 is 0 Å². The van der Waals surface area contributed by atoms with Gasteiger partial charge in [0.25, 0.3) is 0 Å². The molecule has 1 saturated heterocycles. The minimum absolute atomic E-state index is 0.565. The standard InChI is InChI=1S/C15H23ClN2S/c16-13-6-11-19-15(13)14(12-4-2-1-3-5-12)18-9-7-17-8-10-18/h6,11-12,14,17H,1-5,7-10H2/t14-/m1/s1. The van der Waals surface area contributed by atoms with Gasteiger partial charge in [-0.2, -0.15) is 0 Å². The Morgan fingerprint density at radius 2 is 1.95 bits per heavy atom. The van der Waals surface area contributed by atoms with Crippen LogP contribution in [0.15, 0.2) is 11.4 Å². The highest BCUT2D eigenvalue weighted by atomic mass is 35.5. The number of hydrogen-bond donors (Lipinski definition) is 1. The average molecular weight is 299 g/mol. The number of nitrogens with one attached hydrogen (secondary N) is 1. The normalized spacial score (nSPS) is 24.5. The minimum atomic E-state index is 0.565. The SMILES string of the molecule is Clc1ccsc1[C@@H](C1CCCCC1)N1CCNCC1. The maximum absolute atomic E-state index is 6.44. The summed E-state index contributed by atoms with van der Waals surface area (Å²) >= 11 is 8.29. The number of hydrogen-bond acceptors (Lipinski definition) is 3. The molecule has 19 heavy (non-hydrogen) atoms. The fourth-order valence-corrected chi connectivity index (χ4v) is 5.00. The molecule has 0 spiro atoms. The maximum atomic E-state index is 6.44. The Balaban J connectivity index is 1.83. The molecule has 106 valence electrons. The van der Waals surface area contributed by atoms with Gasteiger partial charge in [-0.25, -0.2) is 0 Å². The van der Waals surface area contributed by atoms with E-state index in [0.717, 1.165) is 37.1 Å². The van der Waals surface area contributed by atoms with Crippen molar-refractivity contribution in [1.82, 2.24) is 10.2 Å². The van der Waals surface area contributed by atoms with Crippen LogP contribution in [-0.4, -0.2) is 31.1 Å². The van der Waals surface area contributed by atoms with Gasteiger partial charge in [-0.1, -0.05) is 30.9 Å². The summed E-state index contributed by atoms with van der Waals surface area (Å²) in [4.78, 5) is 4.08. The lowest BCUT2D eigenvalue weighted by molar-refractivity contribution is 0.106. The van der Waals surface area contributed by atoms with Crippen molar-refractivity contribution in [2.45, 2.75) is 38.1 Å². The second kappa shape index (κ2) is 6.57. The molecule has 1 saturated carbocycles. The molecule has 0 radical (unpaired) electrons. The van der Waals surface area contributed by atoms with Crippen LogP contribution in [0.1, 0.15) is 43.0 Å². The van der Waals surface area contributed by atoms with Crippen LogP contribution in [0.2, 0.25) is 5.02 Å². The summed E-state index contributed by atoms with van der Waals surface area (Å²) in [5.74, 6) is 0.808. The number of rotatable bonds is 3. The van der Waals surface area contributed by atoms with Gasteiger partial charge in [-0.15, -0.1) is 11.3 Å². The van der Waals surface area contributed by atoms with Crippen LogP contribution in [0.4, 0.5) is 0 Å². The van der Waals surface area contributed by atoms with Crippen molar-refractivity contribution in [2.75, 3.05) is 26.2 Å².